The molecule has 0 spiro atoms. The second kappa shape index (κ2) is 5.29. The van der Waals surface area contributed by atoms with E-state index in [2.05, 4.69) is 19.2 Å². The number of nitrogens with two attached hydrogens (primary N) is 1. The van der Waals surface area contributed by atoms with Crippen LogP contribution in [0.4, 0.5) is 11.4 Å². The topological polar surface area (TPSA) is 56.5 Å². The minimum absolute atomic E-state index is 0.143. The first kappa shape index (κ1) is 14.0. The quantitative estimate of drug-likeness (QED) is 0.803. The number of ether oxygens (including phenoxy) is 2. The van der Waals surface area contributed by atoms with Crippen LogP contribution in [0.3, 0.4) is 0 Å². The van der Waals surface area contributed by atoms with E-state index in [1.54, 1.807) is 7.11 Å². The number of hydrogen-bond acceptors (Lipinski definition) is 4. The summed E-state index contributed by atoms with van der Waals surface area (Å²) >= 11 is 0. The van der Waals surface area contributed by atoms with E-state index in [4.69, 9.17) is 15.2 Å². The molecular weight excluding hydrogens is 240 g/mol. The van der Waals surface area contributed by atoms with Crippen molar-refractivity contribution in [3.8, 4) is 5.75 Å². The normalized spacial score (nSPS) is 24.6. The molecule has 106 valence electrons. The van der Waals surface area contributed by atoms with Crippen LogP contribution < -0.4 is 15.8 Å². The lowest BCUT2D eigenvalue weighted by atomic mass is 9.64. The molecule has 1 fully saturated rings. The van der Waals surface area contributed by atoms with Gasteiger partial charge in [-0.25, -0.2) is 0 Å². The van der Waals surface area contributed by atoms with Crippen molar-refractivity contribution in [3.63, 3.8) is 0 Å². The summed E-state index contributed by atoms with van der Waals surface area (Å²) in [6, 6.07) is 6.21. The smallest absolute Gasteiger partial charge is 0.143 e. The minimum atomic E-state index is 0.143. The van der Waals surface area contributed by atoms with E-state index in [-0.39, 0.29) is 5.41 Å². The van der Waals surface area contributed by atoms with Crippen molar-refractivity contribution in [1.29, 1.82) is 0 Å². The van der Waals surface area contributed by atoms with Crippen LogP contribution in [0.1, 0.15) is 27.2 Å². The number of hydrogen-bond donors (Lipinski definition) is 2. The van der Waals surface area contributed by atoms with Gasteiger partial charge in [-0.3, -0.25) is 0 Å². The van der Waals surface area contributed by atoms with Crippen molar-refractivity contribution in [2.45, 2.75) is 39.3 Å². The third-order valence-corrected chi connectivity index (χ3v) is 4.12. The highest BCUT2D eigenvalue weighted by molar-refractivity contribution is 5.61. The maximum absolute atomic E-state index is 5.82. The predicted molar refractivity (Wildman–Crippen MR) is 78.6 cm³/mol. The van der Waals surface area contributed by atoms with E-state index in [1.807, 2.05) is 25.1 Å². The molecule has 1 saturated carbocycles. The van der Waals surface area contributed by atoms with Gasteiger partial charge < -0.3 is 20.5 Å². The Labute approximate surface area is 115 Å². The number of anilines is 2. The van der Waals surface area contributed by atoms with Crippen LogP contribution in [-0.2, 0) is 4.74 Å². The molecule has 0 amide bonds. The molecule has 1 aromatic carbocycles. The molecule has 0 bridgehead atoms. The third-order valence-electron chi connectivity index (χ3n) is 4.12. The lowest BCUT2D eigenvalue weighted by molar-refractivity contribution is -0.0975. The third kappa shape index (κ3) is 2.63. The summed E-state index contributed by atoms with van der Waals surface area (Å²) in [6.45, 7) is 7.30. The Morgan fingerprint density at radius 2 is 2.16 bits per heavy atom. The molecule has 19 heavy (non-hydrogen) atoms. The number of benzene rings is 1. The Balaban J connectivity index is 2.03. The first-order valence-corrected chi connectivity index (χ1v) is 6.80. The molecule has 0 saturated heterocycles. The van der Waals surface area contributed by atoms with Gasteiger partial charge in [-0.05, 0) is 25.5 Å². The molecule has 2 rings (SSSR count). The molecule has 1 aliphatic carbocycles. The van der Waals surface area contributed by atoms with Gasteiger partial charge in [0.25, 0.3) is 0 Å². The Bertz CT molecular complexity index is 446. The van der Waals surface area contributed by atoms with Crippen LogP contribution in [0.2, 0.25) is 0 Å². The lowest BCUT2D eigenvalue weighted by Gasteiger charge is -2.52. The Morgan fingerprint density at radius 1 is 1.42 bits per heavy atom. The highest BCUT2D eigenvalue weighted by Crippen LogP contribution is 2.44. The molecular formula is C15H24N2O2. The van der Waals surface area contributed by atoms with Crippen LogP contribution in [0, 0.1) is 5.41 Å². The maximum Gasteiger partial charge on any atom is 0.143 e. The maximum atomic E-state index is 5.82. The average molecular weight is 264 g/mol. The van der Waals surface area contributed by atoms with E-state index in [0.717, 1.165) is 18.7 Å². The van der Waals surface area contributed by atoms with E-state index in [0.29, 0.717) is 23.6 Å². The Kier molecular flexibility index (Phi) is 3.90. The second-order valence-electron chi connectivity index (χ2n) is 5.65. The first-order chi connectivity index (χ1) is 8.98. The zero-order chi connectivity index (χ0) is 14.0. The van der Waals surface area contributed by atoms with Crippen LogP contribution in [0.15, 0.2) is 18.2 Å². The summed E-state index contributed by atoms with van der Waals surface area (Å²) in [7, 11) is 1.63. The van der Waals surface area contributed by atoms with E-state index in [9.17, 15) is 0 Å². The van der Waals surface area contributed by atoms with Crippen molar-refractivity contribution in [2.24, 2.45) is 5.41 Å². The molecule has 0 radical (unpaired) electrons. The monoisotopic (exact) mass is 264 g/mol. The number of methoxy groups -OCH3 is 1. The van der Waals surface area contributed by atoms with Crippen LogP contribution >= 0.6 is 0 Å². The van der Waals surface area contributed by atoms with Gasteiger partial charge in [-0.1, -0.05) is 13.8 Å². The summed E-state index contributed by atoms with van der Waals surface area (Å²) in [4.78, 5) is 0. The van der Waals surface area contributed by atoms with Crippen LogP contribution in [0.5, 0.6) is 5.75 Å². The Hall–Kier alpha value is -1.42. The summed E-state index contributed by atoms with van der Waals surface area (Å²) in [5.41, 5.74) is 7.66. The molecule has 2 atom stereocenters. The zero-order valence-electron chi connectivity index (χ0n) is 12.2. The molecule has 4 heteroatoms. The fraction of sp³-hybridized carbons (Fsp3) is 0.600. The van der Waals surface area contributed by atoms with Crippen LogP contribution in [-0.4, -0.2) is 25.9 Å². The highest BCUT2D eigenvalue weighted by atomic mass is 16.5. The number of nitrogens with one attached hydrogen (secondary N) is 1. The van der Waals surface area contributed by atoms with E-state index < -0.39 is 0 Å². The molecule has 0 aromatic heterocycles. The predicted octanol–water partition coefficient (Wildman–Crippen LogP) is 2.89. The van der Waals surface area contributed by atoms with Gasteiger partial charge in [-0.2, -0.15) is 0 Å². The SMILES string of the molecule is CCOC1CC(Nc2ccc(N)c(OC)c2)C1(C)C. The van der Waals surface area contributed by atoms with Gasteiger partial charge in [0.05, 0.1) is 18.9 Å². The van der Waals surface area contributed by atoms with E-state index in [1.165, 1.54) is 0 Å². The second-order valence-corrected chi connectivity index (χ2v) is 5.65. The number of nitrogen functional groups attached to an aromatic ring is 1. The lowest BCUT2D eigenvalue weighted by Crippen LogP contribution is -2.58. The highest BCUT2D eigenvalue weighted by Gasteiger charge is 2.48. The summed E-state index contributed by atoms with van der Waals surface area (Å²) in [5.74, 6) is 0.712. The molecule has 2 unspecified atom stereocenters. The zero-order valence-corrected chi connectivity index (χ0v) is 12.2. The van der Waals surface area contributed by atoms with Crippen molar-refractivity contribution in [3.05, 3.63) is 18.2 Å². The first-order valence-electron chi connectivity index (χ1n) is 6.80. The summed E-state index contributed by atoms with van der Waals surface area (Å²) in [5, 5.41) is 3.54. The fourth-order valence-corrected chi connectivity index (χ4v) is 2.62. The number of rotatable bonds is 5. The van der Waals surface area contributed by atoms with Gasteiger partial charge in [-0.15, -0.1) is 0 Å². The van der Waals surface area contributed by atoms with Gasteiger partial charge in [0.1, 0.15) is 5.75 Å². The molecule has 1 aliphatic rings. The Morgan fingerprint density at radius 3 is 2.74 bits per heavy atom. The standard InChI is InChI=1S/C15H24N2O2/c1-5-19-14-9-13(15(14,2)3)17-10-6-7-11(16)12(8-10)18-4/h6-8,13-14,17H,5,9,16H2,1-4H3. The molecule has 3 N–H and O–H groups in total. The van der Waals surface area contributed by atoms with Crippen molar-refractivity contribution >= 4 is 11.4 Å². The molecule has 0 aliphatic heterocycles. The molecule has 1 aromatic rings. The van der Waals surface area contributed by atoms with E-state index >= 15 is 0 Å². The van der Waals surface area contributed by atoms with Gasteiger partial charge >= 0.3 is 0 Å². The molecule has 4 nitrogen and oxygen atoms in total. The minimum Gasteiger partial charge on any atom is -0.495 e. The summed E-state index contributed by atoms with van der Waals surface area (Å²) in [6.07, 6.45) is 1.37. The van der Waals surface area contributed by atoms with Crippen molar-refractivity contribution in [2.75, 3.05) is 24.8 Å². The van der Waals surface area contributed by atoms with Crippen molar-refractivity contribution < 1.29 is 9.47 Å². The largest absolute Gasteiger partial charge is 0.495 e. The summed E-state index contributed by atoms with van der Waals surface area (Å²) < 4.78 is 11.0. The van der Waals surface area contributed by atoms with Gasteiger partial charge in [0.2, 0.25) is 0 Å². The molecule has 0 heterocycles. The van der Waals surface area contributed by atoms with Gasteiger partial charge in [0, 0.05) is 29.8 Å². The average Bonchev–Trinajstić information content (AvgIpc) is 2.39. The van der Waals surface area contributed by atoms with Gasteiger partial charge in [0.15, 0.2) is 0 Å². The van der Waals surface area contributed by atoms with Crippen LogP contribution in [0.25, 0.3) is 0 Å². The van der Waals surface area contributed by atoms with Crippen molar-refractivity contribution in [1.82, 2.24) is 0 Å². The fourth-order valence-electron chi connectivity index (χ4n) is 2.62.